The third-order valence-electron chi connectivity index (χ3n) is 3.27. The monoisotopic (exact) mass is 309 g/mol. The Balaban J connectivity index is 1.69. The van der Waals surface area contributed by atoms with E-state index in [0.29, 0.717) is 13.0 Å². The molecule has 0 aliphatic rings. The number of amides is 1. The van der Waals surface area contributed by atoms with Crippen LogP contribution in [0.25, 0.3) is 11.3 Å². The lowest BCUT2D eigenvalue weighted by Crippen LogP contribution is -2.24. The van der Waals surface area contributed by atoms with Gasteiger partial charge in [0.05, 0.1) is 12.1 Å². The zero-order chi connectivity index (χ0) is 15.2. The van der Waals surface area contributed by atoms with Crippen LogP contribution in [0.1, 0.15) is 11.1 Å². The van der Waals surface area contributed by atoms with Gasteiger partial charge in [0, 0.05) is 30.7 Å². The summed E-state index contributed by atoms with van der Waals surface area (Å²) in [7, 11) is 0. The van der Waals surface area contributed by atoms with Crippen LogP contribution in [0.3, 0.4) is 0 Å². The van der Waals surface area contributed by atoms with Crippen LogP contribution in [0.2, 0.25) is 0 Å². The number of pyridine rings is 2. The molecule has 0 aromatic carbocycles. The number of carbonyl (C=O) groups is 1. The molecule has 110 valence electrons. The highest BCUT2D eigenvalue weighted by Gasteiger charge is 2.08. The molecule has 0 aliphatic heterocycles. The molecule has 0 saturated carbocycles. The van der Waals surface area contributed by atoms with E-state index in [-0.39, 0.29) is 5.91 Å². The van der Waals surface area contributed by atoms with E-state index in [1.165, 1.54) is 0 Å². The number of thiophene rings is 1. The first-order chi connectivity index (χ1) is 10.8. The molecule has 0 atom stereocenters. The standard InChI is InChI=1S/C17H15N3OS/c21-16(10-13-5-9-22-12-13)20-11-15-2-1-6-19-17(15)14-3-7-18-8-4-14/h1-9,12H,10-11H2,(H,20,21). The predicted octanol–water partition coefficient (Wildman–Crippen LogP) is 3.06. The number of hydrogen-bond acceptors (Lipinski definition) is 4. The van der Waals surface area contributed by atoms with Gasteiger partial charge in [-0.05, 0) is 46.2 Å². The number of nitrogens with zero attached hydrogens (tertiary/aromatic N) is 2. The lowest BCUT2D eigenvalue weighted by atomic mass is 10.1. The number of carbonyl (C=O) groups excluding carboxylic acids is 1. The molecule has 3 aromatic heterocycles. The summed E-state index contributed by atoms with van der Waals surface area (Å²) >= 11 is 1.60. The minimum atomic E-state index is 0.0166. The predicted molar refractivity (Wildman–Crippen MR) is 87.3 cm³/mol. The van der Waals surface area contributed by atoms with Crippen molar-refractivity contribution < 1.29 is 4.79 Å². The van der Waals surface area contributed by atoms with Gasteiger partial charge in [0.15, 0.2) is 0 Å². The maximum absolute atomic E-state index is 12.0. The summed E-state index contributed by atoms with van der Waals surface area (Å²) in [4.78, 5) is 20.4. The minimum Gasteiger partial charge on any atom is -0.352 e. The molecule has 5 heteroatoms. The Labute approximate surface area is 132 Å². The van der Waals surface area contributed by atoms with Crippen molar-refractivity contribution in [2.75, 3.05) is 0 Å². The van der Waals surface area contributed by atoms with E-state index in [0.717, 1.165) is 22.4 Å². The minimum absolute atomic E-state index is 0.0166. The number of rotatable bonds is 5. The van der Waals surface area contributed by atoms with Gasteiger partial charge in [0.25, 0.3) is 0 Å². The van der Waals surface area contributed by atoms with Crippen LogP contribution in [0.15, 0.2) is 59.7 Å². The fourth-order valence-corrected chi connectivity index (χ4v) is 2.85. The summed E-state index contributed by atoms with van der Waals surface area (Å²) in [5.74, 6) is 0.0166. The van der Waals surface area contributed by atoms with Crippen molar-refractivity contribution in [3.63, 3.8) is 0 Å². The van der Waals surface area contributed by atoms with Gasteiger partial charge < -0.3 is 5.32 Å². The Morgan fingerprint density at radius 1 is 1.14 bits per heavy atom. The Kier molecular flexibility index (Phi) is 4.56. The van der Waals surface area contributed by atoms with Crippen molar-refractivity contribution in [3.8, 4) is 11.3 Å². The molecule has 4 nitrogen and oxygen atoms in total. The molecular formula is C17H15N3OS. The number of nitrogens with one attached hydrogen (secondary N) is 1. The molecule has 1 N–H and O–H groups in total. The largest absolute Gasteiger partial charge is 0.352 e. The average molecular weight is 309 g/mol. The smallest absolute Gasteiger partial charge is 0.224 e. The van der Waals surface area contributed by atoms with Crippen LogP contribution in [-0.4, -0.2) is 15.9 Å². The van der Waals surface area contributed by atoms with Crippen molar-refractivity contribution in [2.45, 2.75) is 13.0 Å². The van der Waals surface area contributed by atoms with E-state index in [1.807, 2.05) is 41.1 Å². The second kappa shape index (κ2) is 6.95. The summed E-state index contributed by atoms with van der Waals surface area (Å²) in [5, 5.41) is 6.93. The van der Waals surface area contributed by atoms with E-state index in [1.54, 1.807) is 29.9 Å². The Bertz CT molecular complexity index is 742. The highest BCUT2D eigenvalue weighted by Crippen LogP contribution is 2.20. The summed E-state index contributed by atoms with van der Waals surface area (Å²) in [6.07, 6.45) is 5.65. The van der Waals surface area contributed by atoms with Gasteiger partial charge in [0.2, 0.25) is 5.91 Å². The summed E-state index contributed by atoms with van der Waals surface area (Å²) in [6.45, 7) is 0.467. The van der Waals surface area contributed by atoms with Crippen molar-refractivity contribution in [2.24, 2.45) is 0 Å². The van der Waals surface area contributed by atoms with Crippen LogP contribution in [0.4, 0.5) is 0 Å². The first kappa shape index (κ1) is 14.4. The molecule has 0 fully saturated rings. The maximum atomic E-state index is 12.0. The van der Waals surface area contributed by atoms with Crippen LogP contribution < -0.4 is 5.32 Å². The van der Waals surface area contributed by atoms with Gasteiger partial charge in [-0.15, -0.1) is 0 Å². The molecule has 0 spiro atoms. The fourth-order valence-electron chi connectivity index (χ4n) is 2.19. The quantitative estimate of drug-likeness (QED) is 0.788. The number of hydrogen-bond donors (Lipinski definition) is 1. The second-order valence-electron chi connectivity index (χ2n) is 4.83. The molecule has 3 heterocycles. The van der Waals surface area contributed by atoms with Gasteiger partial charge in [-0.2, -0.15) is 11.3 Å². The van der Waals surface area contributed by atoms with Crippen LogP contribution in [-0.2, 0) is 17.8 Å². The first-order valence-electron chi connectivity index (χ1n) is 6.95. The van der Waals surface area contributed by atoms with Crippen molar-refractivity contribution in [1.82, 2.24) is 15.3 Å². The molecule has 0 aliphatic carbocycles. The van der Waals surface area contributed by atoms with Crippen LogP contribution in [0.5, 0.6) is 0 Å². The lowest BCUT2D eigenvalue weighted by molar-refractivity contribution is -0.120. The Morgan fingerprint density at radius 2 is 2.00 bits per heavy atom. The third-order valence-corrected chi connectivity index (χ3v) is 4.00. The highest BCUT2D eigenvalue weighted by molar-refractivity contribution is 7.07. The zero-order valence-electron chi connectivity index (χ0n) is 11.9. The zero-order valence-corrected chi connectivity index (χ0v) is 12.7. The van der Waals surface area contributed by atoms with E-state index >= 15 is 0 Å². The molecule has 1 amide bonds. The van der Waals surface area contributed by atoms with Crippen molar-refractivity contribution >= 4 is 17.2 Å². The molecule has 3 rings (SSSR count). The Morgan fingerprint density at radius 3 is 2.77 bits per heavy atom. The van der Waals surface area contributed by atoms with Gasteiger partial charge >= 0.3 is 0 Å². The molecular weight excluding hydrogens is 294 g/mol. The normalized spacial score (nSPS) is 10.4. The van der Waals surface area contributed by atoms with E-state index < -0.39 is 0 Å². The summed E-state index contributed by atoms with van der Waals surface area (Å²) < 4.78 is 0. The van der Waals surface area contributed by atoms with Gasteiger partial charge in [-0.1, -0.05) is 6.07 Å². The van der Waals surface area contributed by atoms with Gasteiger partial charge in [0.1, 0.15) is 0 Å². The van der Waals surface area contributed by atoms with Crippen molar-refractivity contribution in [1.29, 1.82) is 0 Å². The second-order valence-corrected chi connectivity index (χ2v) is 5.61. The maximum Gasteiger partial charge on any atom is 0.224 e. The fraction of sp³-hybridized carbons (Fsp3) is 0.118. The Hall–Kier alpha value is -2.53. The summed E-state index contributed by atoms with van der Waals surface area (Å²) in [6, 6.07) is 9.66. The molecule has 0 saturated heterocycles. The molecule has 3 aromatic rings. The molecule has 0 bridgehead atoms. The lowest BCUT2D eigenvalue weighted by Gasteiger charge is -2.09. The van der Waals surface area contributed by atoms with E-state index in [9.17, 15) is 4.79 Å². The van der Waals surface area contributed by atoms with E-state index in [4.69, 9.17) is 0 Å². The van der Waals surface area contributed by atoms with Crippen LogP contribution in [0, 0.1) is 0 Å². The first-order valence-corrected chi connectivity index (χ1v) is 7.89. The molecule has 0 radical (unpaired) electrons. The number of aromatic nitrogens is 2. The summed E-state index contributed by atoms with van der Waals surface area (Å²) in [5.41, 5.74) is 3.91. The SMILES string of the molecule is O=C(Cc1ccsc1)NCc1cccnc1-c1ccncc1. The van der Waals surface area contributed by atoms with Crippen molar-refractivity contribution in [3.05, 3.63) is 70.8 Å². The van der Waals surface area contributed by atoms with Gasteiger partial charge in [-0.3, -0.25) is 14.8 Å². The topological polar surface area (TPSA) is 54.9 Å². The average Bonchev–Trinajstić information content (AvgIpc) is 3.07. The van der Waals surface area contributed by atoms with Crippen LogP contribution >= 0.6 is 11.3 Å². The van der Waals surface area contributed by atoms with Gasteiger partial charge in [-0.25, -0.2) is 0 Å². The molecule has 22 heavy (non-hydrogen) atoms. The van der Waals surface area contributed by atoms with E-state index in [2.05, 4.69) is 15.3 Å². The third kappa shape index (κ3) is 3.56. The molecule has 0 unspecified atom stereocenters. The highest BCUT2D eigenvalue weighted by atomic mass is 32.1.